The molecule has 54 heavy (non-hydrogen) atoms. The molecule has 5 aromatic rings. The van der Waals surface area contributed by atoms with Gasteiger partial charge < -0.3 is 4.74 Å². The molecule has 0 saturated heterocycles. The standard InChI is InChI=1S/C36H25F9O6S3/c1-50-26-16-12-24(13-17-26)32(46)25-14-18-27(19-15-25)52(47)28-20-22-31(23-21-28)53(29-8-4-2-5-9-29,30-10-6-3-7-11-30)51-54(48,49)36(44,45)34(39,40)33(37,38)35(41,42)43/h2-23H,1H3. The minimum atomic E-state index is -7.54. The van der Waals surface area contributed by atoms with Crippen LogP contribution in [0.2, 0.25) is 0 Å². The predicted molar refractivity (Wildman–Crippen MR) is 180 cm³/mol. The molecule has 286 valence electrons. The number of ketones is 1. The van der Waals surface area contributed by atoms with E-state index in [1.54, 1.807) is 24.3 Å². The number of hydrogen-bond acceptors (Lipinski definition) is 6. The summed E-state index contributed by atoms with van der Waals surface area (Å²) in [6, 6.07) is 29.0. The second kappa shape index (κ2) is 14.9. The molecule has 0 aromatic heterocycles. The fourth-order valence-electron chi connectivity index (χ4n) is 4.98. The van der Waals surface area contributed by atoms with Gasteiger partial charge in [-0.3, -0.25) is 4.79 Å². The summed E-state index contributed by atoms with van der Waals surface area (Å²) in [6.07, 6.45) is -7.28. The van der Waals surface area contributed by atoms with Crippen LogP contribution in [0.3, 0.4) is 0 Å². The van der Waals surface area contributed by atoms with E-state index in [9.17, 15) is 48.2 Å². The summed E-state index contributed by atoms with van der Waals surface area (Å²) >= 11 is 0. The highest BCUT2D eigenvalue weighted by Gasteiger charge is 2.86. The molecule has 1 unspecified atom stereocenters. The van der Waals surface area contributed by atoms with E-state index in [0.717, 1.165) is 48.5 Å². The smallest absolute Gasteiger partial charge is 0.460 e. The van der Waals surface area contributed by atoms with Crippen molar-refractivity contribution in [3.05, 3.63) is 145 Å². The van der Waals surface area contributed by atoms with Crippen molar-refractivity contribution < 1.29 is 65.3 Å². The van der Waals surface area contributed by atoms with Crippen LogP contribution in [0.4, 0.5) is 39.5 Å². The van der Waals surface area contributed by atoms with Crippen LogP contribution >= 0.6 is 10.3 Å². The molecule has 0 aliphatic heterocycles. The topological polar surface area (TPSA) is 86.7 Å². The van der Waals surface area contributed by atoms with Gasteiger partial charge in [0.15, 0.2) is 5.78 Å². The van der Waals surface area contributed by atoms with Gasteiger partial charge in [0.2, 0.25) is 0 Å². The molecular formula is C36H25F9O6S3. The molecule has 0 fully saturated rings. The third-order valence-electron chi connectivity index (χ3n) is 7.82. The maximum absolute atomic E-state index is 15.2. The summed E-state index contributed by atoms with van der Waals surface area (Å²) < 4.78 is 176. The first kappa shape index (κ1) is 40.5. The molecule has 0 amide bonds. The SMILES string of the molecule is COc1ccc(C(=O)c2ccc(S(=O)c3ccc(S(OS(=O)(=O)C(F)(F)C(F)(F)C(F)(F)C(F)(F)F)(c4ccccc4)c4ccccc4)cc3)cc2)cc1. The molecule has 0 saturated carbocycles. The Balaban J connectivity index is 1.57. The Bertz CT molecular complexity index is 2200. The quantitative estimate of drug-likeness (QED) is 0.0869. The van der Waals surface area contributed by atoms with Gasteiger partial charge >= 0.3 is 33.4 Å². The lowest BCUT2D eigenvalue weighted by atomic mass is 10.0. The predicted octanol–water partition coefficient (Wildman–Crippen LogP) is 10.1. The van der Waals surface area contributed by atoms with E-state index in [2.05, 4.69) is 0 Å². The largest absolute Gasteiger partial charge is 0.497 e. The fourth-order valence-corrected chi connectivity index (χ4v) is 11.2. The van der Waals surface area contributed by atoms with Gasteiger partial charge in [-0.2, -0.15) is 47.9 Å². The molecule has 1 atom stereocenters. The van der Waals surface area contributed by atoms with Crippen LogP contribution in [-0.2, 0) is 24.5 Å². The Labute approximate surface area is 306 Å². The molecule has 0 spiro atoms. The number of alkyl halides is 9. The number of hydrogen-bond donors (Lipinski definition) is 0. The zero-order chi connectivity index (χ0) is 39.7. The summed E-state index contributed by atoms with van der Waals surface area (Å²) in [5.41, 5.74) is 0.604. The number of halogens is 9. The van der Waals surface area contributed by atoms with Crippen molar-refractivity contribution in [3.63, 3.8) is 0 Å². The second-order valence-electron chi connectivity index (χ2n) is 11.2. The molecule has 6 nitrogen and oxygen atoms in total. The van der Waals surface area contributed by atoms with E-state index in [1.165, 1.54) is 67.8 Å². The highest BCUT2D eigenvalue weighted by atomic mass is 32.3. The summed E-state index contributed by atoms with van der Waals surface area (Å²) in [4.78, 5) is 12.3. The van der Waals surface area contributed by atoms with Crippen molar-refractivity contribution in [1.82, 2.24) is 0 Å². The molecule has 0 radical (unpaired) electrons. The Morgan fingerprint density at radius 3 is 1.35 bits per heavy atom. The lowest BCUT2D eigenvalue weighted by Gasteiger charge is -2.41. The molecule has 0 aliphatic rings. The Morgan fingerprint density at radius 1 is 0.556 bits per heavy atom. The lowest BCUT2D eigenvalue weighted by molar-refractivity contribution is -0.382. The number of methoxy groups -OCH3 is 1. The molecular weight excluding hydrogens is 796 g/mol. The fraction of sp³-hybridized carbons (Fsp3) is 0.139. The first-order valence-corrected chi connectivity index (χ1v) is 19.2. The highest BCUT2D eigenvalue weighted by Crippen LogP contribution is 2.71. The summed E-state index contributed by atoms with van der Waals surface area (Å²) in [7, 11) is -12.2. The van der Waals surface area contributed by atoms with Crippen LogP contribution in [0.1, 0.15) is 15.9 Å². The second-order valence-corrected chi connectivity index (χ2v) is 17.2. The van der Waals surface area contributed by atoms with E-state index in [1.807, 2.05) is 0 Å². The average molecular weight is 821 g/mol. The van der Waals surface area contributed by atoms with Gasteiger partial charge in [-0.25, -0.2) is 7.84 Å². The third kappa shape index (κ3) is 7.14. The third-order valence-corrected chi connectivity index (χ3v) is 14.5. The van der Waals surface area contributed by atoms with Crippen molar-refractivity contribution >= 4 is 37.0 Å². The summed E-state index contributed by atoms with van der Waals surface area (Å²) in [6.45, 7) is 0. The van der Waals surface area contributed by atoms with Gasteiger partial charge in [0.05, 0.1) is 17.9 Å². The van der Waals surface area contributed by atoms with E-state index in [0.29, 0.717) is 11.3 Å². The van der Waals surface area contributed by atoms with Gasteiger partial charge in [-0.1, -0.05) is 36.4 Å². The van der Waals surface area contributed by atoms with E-state index in [-0.39, 0.29) is 35.8 Å². The van der Waals surface area contributed by atoms with E-state index >= 15 is 8.78 Å². The van der Waals surface area contributed by atoms with Crippen molar-refractivity contribution in [1.29, 1.82) is 0 Å². The molecule has 0 bridgehead atoms. The molecule has 0 heterocycles. The average Bonchev–Trinajstić information content (AvgIpc) is 3.16. The maximum atomic E-state index is 15.2. The minimum absolute atomic E-state index is 0.0342. The Hall–Kier alpha value is -4.65. The number of carbonyl (C=O) groups excluding carboxylic acids is 1. The maximum Gasteiger partial charge on any atom is 0.460 e. The van der Waals surface area contributed by atoms with E-state index in [4.69, 9.17) is 8.37 Å². The first-order chi connectivity index (χ1) is 25.2. The van der Waals surface area contributed by atoms with Crippen molar-refractivity contribution in [2.75, 3.05) is 7.11 Å². The normalized spacial score (nSPS) is 14.0. The Morgan fingerprint density at radius 2 is 0.944 bits per heavy atom. The zero-order valence-electron chi connectivity index (χ0n) is 27.3. The number of ether oxygens (including phenoxy) is 1. The lowest BCUT2D eigenvalue weighted by Crippen LogP contribution is -2.63. The van der Waals surface area contributed by atoms with Crippen molar-refractivity contribution in [3.8, 4) is 5.75 Å². The van der Waals surface area contributed by atoms with Crippen molar-refractivity contribution in [2.24, 2.45) is 0 Å². The van der Waals surface area contributed by atoms with Gasteiger partial charge in [-0.05, 0) is 107 Å². The van der Waals surface area contributed by atoms with Crippen LogP contribution in [0.15, 0.2) is 158 Å². The van der Waals surface area contributed by atoms with Gasteiger partial charge in [0.1, 0.15) is 5.75 Å². The van der Waals surface area contributed by atoms with Gasteiger partial charge in [0.25, 0.3) is 0 Å². The summed E-state index contributed by atoms with van der Waals surface area (Å²) in [5.74, 6) is -14.9. The van der Waals surface area contributed by atoms with E-state index < -0.39 is 54.5 Å². The van der Waals surface area contributed by atoms with Gasteiger partial charge in [-0.15, -0.1) is 0 Å². The number of rotatable bonds is 13. The van der Waals surface area contributed by atoms with Crippen LogP contribution in [0.25, 0.3) is 0 Å². The van der Waals surface area contributed by atoms with Crippen LogP contribution in [0.5, 0.6) is 5.75 Å². The highest BCUT2D eigenvalue weighted by molar-refractivity contribution is 8.33. The molecule has 18 heteroatoms. The zero-order valence-corrected chi connectivity index (χ0v) is 29.7. The van der Waals surface area contributed by atoms with Crippen LogP contribution < -0.4 is 4.74 Å². The molecule has 0 aliphatic carbocycles. The number of benzene rings is 5. The molecule has 5 aromatic carbocycles. The van der Waals surface area contributed by atoms with Crippen LogP contribution in [0, 0.1) is 0 Å². The Kier molecular flexibility index (Phi) is 11.2. The molecule has 0 N–H and O–H groups in total. The molecule has 5 rings (SSSR count). The number of carbonyl (C=O) groups is 1. The summed E-state index contributed by atoms with van der Waals surface area (Å²) in [5, 5.41) is -7.14. The monoisotopic (exact) mass is 820 g/mol. The van der Waals surface area contributed by atoms with Gasteiger partial charge in [0, 0.05) is 35.6 Å². The minimum Gasteiger partial charge on any atom is -0.497 e. The first-order valence-electron chi connectivity index (χ1n) is 15.1. The van der Waals surface area contributed by atoms with Crippen molar-refractivity contribution in [2.45, 2.75) is 47.8 Å². The van der Waals surface area contributed by atoms with Crippen LogP contribution in [-0.4, -0.2) is 48.8 Å².